The lowest BCUT2D eigenvalue weighted by atomic mass is 9.94. The van der Waals surface area contributed by atoms with E-state index in [1.807, 2.05) is 0 Å². The fourth-order valence-corrected chi connectivity index (χ4v) is 1.91. The Kier molecular flexibility index (Phi) is 2.44. The second kappa shape index (κ2) is 3.50. The summed E-state index contributed by atoms with van der Waals surface area (Å²) in [6.45, 7) is 3.30. The first kappa shape index (κ1) is 10.4. The molecule has 1 heterocycles. The Balaban J connectivity index is 2.35. The van der Waals surface area contributed by atoms with Gasteiger partial charge in [-0.1, -0.05) is 0 Å². The number of hydrogen-bond donors (Lipinski definition) is 1. The van der Waals surface area contributed by atoms with Gasteiger partial charge >= 0.3 is 5.97 Å². The quantitative estimate of drug-likeness (QED) is 0.408. The average molecular weight is 214 g/mol. The van der Waals surface area contributed by atoms with Gasteiger partial charge in [-0.05, 0) is 19.3 Å². The Hall–Kier alpha value is -1.07. The van der Waals surface area contributed by atoms with Gasteiger partial charge in [0.2, 0.25) is 5.79 Å². The molecule has 2 aliphatic rings. The summed E-state index contributed by atoms with van der Waals surface area (Å²) in [6.07, 6.45) is 1.51. The van der Waals surface area contributed by atoms with Crippen LogP contribution >= 0.6 is 0 Å². The molecule has 0 bridgehead atoms. The summed E-state index contributed by atoms with van der Waals surface area (Å²) >= 11 is 0. The van der Waals surface area contributed by atoms with Gasteiger partial charge in [0, 0.05) is 13.8 Å². The summed E-state index contributed by atoms with van der Waals surface area (Å²) in [4.78, 5) is 15.9. The van der Waals surface area contributed by atoms with Crippen molar-refractivity contribution in [1.29, 1.82) is 0 Å². The van der Waals surface area contributed by atoms with Gasteiger partial charge in [-0.25, -0.2) is 9.68 Å². The average Bonchev–Trinajstić information content (AvgIpc) is 2.15. The highest BCUT2D eigenvalue weighted by Gasteiger charge is 2.41. The van der Waals surface area contributed by atoms with E-state index >= 15 is 0 Å². The van der Waals surface area contributed by atoms with E-state index in [1.165, 1.54) is 0 Å². The van der Waals surface area contributed by atoms with E-state index in [2.05, 4.69) is 4.89 Å². The molecule has 0 saturated carbocycles. The summed E-state index contributed by atoms with van der Waals surface area (Å²) < 4.78 is 10.6. The second-order valence-electron chi connectivity index (χ2n) is 4.22. The van der Waals surface area contributed by atoms with Crippen LogP contribution in [0.4, 0.5) is 0 Å². The SMILES string of the molecule is CC1(C)OC(=O)C2=C(O1)C(OO)CCC2. The van der Waals surface area contributed by atoms with Crippen LogP contribution in [0.2, 0.25) is 0 Å². The van der Waals surface area contributed by atoms with Crippen molar-refractivity contribution in [2.24, 2.45) is 0 Å². The zero-order valence-electron chi connectivity index (χ0n) is 8.78. The molecule has 5 nitrogen and oxygen atoms in total. The maximum Gasteiger partial charge on any atom is 0.340 e. The number of carbonyl (C=O) groups excluding carboxylic acids is 1. The van der Waals surface area contributed by atoms with E-state index < -0.39 is 11.9 Å². The molecule has 2 rings (SSSR count). The minimum Gasteiger partial charge on any atom is -0.454 e. The number of esters is 1. The Morgan fingerprint density at radius 1 is 1.47 bits per heavy atom. The molecule has 0 spiro atoms. The second-order valence-corrected chi connectivity index (χ2v) is 4.22. The van der Waals surface area contributed by atoms with Crippen LogP contribution < -0.4 is 0 Å². The van der Waals surface area contributed by atoms with Crippen LogP contribution in [0.5, 0.6) is 0 Å². The van der Waals surface area contributed by atoms with Crippen molar-refractivity contribution in [2.45, 2.75) is 45.0 Å². The number of hydrogen-bond acceptors (Lipinski definition) is 5. The van der Waals surface area contributed by atoms with Crippen molar-refractivity contribution in [1.82, 2.24) is 0 Å². The monoisotopic (exact) mass is 214 g/mol. The van der Waals surface area contributed by atoms with Crippen molar-refractivity contribution in [3.63, 3.8) is 0 Å². The van der Waals surface area contributed by atoms with Gasteiger partial charge in [-0.15, -0.1) is 0 Å². The predicted octanol–water partition coefficient (Wildman–Crippen LogP) is 1.59. The Bertz CT molecular complexity index is 318. The molecule has 0 fully saturated rings. The third-order valence-corrected chi connectivity index (χ3v) is 2.55. The van der Waals surface area contributed by atoms with Crippen LogP contribution in [0.15, 0.2) is 11.3 Å². The Labute approximate surface area is 87.5 Å². The lowest BCUT2D eigenvalue weighted by molar-refractivity contribution is -0.292. The van der Waals surface area contributed by atoms with Crippen LogP contribution in [0.1, 0.15) is 33.1 Å². The zero-order chi connectivity index (χ0) is 11.1. The van der Waals surface area contributed by atoms with Crippen molar-refractivity contribution in [3.8, 4) is 0 Å². The van der Waals surface area contributed by atoms with E-state index in [1.54, 1.807) is 13.8 Å². The van der Waals surface area contributed by atoms with Gasteiger partial charge in [0.05, 0.1) is 5.57 Å². The zero-order valence-corrected chi connectivity index (χ0v) is 8.78. The first-order valence-electron chi connectivity index (χ1n) is 4.99. The standard InChI is InChI=1S/C10H14O5/c1-10(2)13-8-6(9(11)14-10)4-3-5-7(8)15-12/h7,12H,3-5H2,1-2H3. The van der Waals surface area contributed by atoms with Crippen molar-refractivity contribution >= 4 is 5.97 Å². The summed E-state index contributed by atoms with van der Waals surface area (Å²) in [6, 6.07) is 0. The molecular formula is C10H14O5. The van der Waals surface area contributed by atoms with Crippen LogP contribution in [0.3, 0.4) is 0 Å². The highest BCUT2D eigenvalue weighted by Crippen LogP contribution is 2.36. The van der Waals surface area contributed by atoms with Crippen molar-refractivity contribution < 1.29 is 24.4 Å². The minimum absolute atomic E-state index is 0.372. The predicted molar refractivity (Wildman–Crippen MR) is 49.6 cm³/mol. The van der Waals surface area contributed by atoms with E-state index in [0.717, 1.165) is 6.42 Å². The molecule has 0 aromatic heterocycles. The van der Waals surface area contributed by atoms with E-state index in [9.17, 15) is 4.79 Å². The van der Waals surface area contributed by atoms with Crippen LogP contribution in [-0.4, -0.2) is 23.1 Å². The van der Waals surface area contributed by atoms with Gasteiger partial charge in [0.15, 0.2) is 6.10 Å². The maximum absolute atomic E-state index is 11.6. The Morgan fingerprint density at radius 2 is 2.20 bits per heavy atom. The van der Waals surface area contributed by atoms with Gasteiger partial charge in [0.25, 0.3) is 0 Å². The molecule has 0 aromatic rings. The van der Waals surface area contributed by atoms with Gasteiger partial charge in [-0.3, -0.25) is 5.26 Å². The lowest BCUT2D eigenvalue weighted by Crippen LogP contribution is -2.41. The fourth-order valence-electron chi connectivity index (χ4n) is 1.91. The molecule has 0 radical (unpaired) electrons. The minimum atomic E-state index is -0.982. The molecule has 1 atom stereocenters. The highest BCUT2D eigenvalue weighted by molar-refractivity contribution is 5.90. The molecule has 0 amide bonds. The normalized spacial score (nSPS) is 29.3. The highest BCUT2D eigenvalue weighted by atomic mass is 17.1. The molecule has 15 heavy (non-hydrogen) atoms. The molecular weight excluding hydrogens is 200 g/mol. The maximum atomic E-state index is 11.6. The smallest absolute Gasteiger partial charge is 0.340 e. The van der Waals surface area contributed by atoms with Crippen molar-refractivity contribution in [3.05, 3.63) is 11.3 Å². The van der Waals surface area contributed by atoms with Gasteiger partial charge in [0.1, 0.15) is 5.76 Å². The molecule has 5 heteroatoms. The summed E-state index contributed by atoms with van der Waals surface area (Å²) in [7, 11) is 0. The molecule has 1 aliphatic heterocycles. The van der Waals surface area contributed by atoms with Crippen LogP contribution in [0.25, 0.3) is 0 Å². The van der Waals surface area contributed by atoms with E-state index in [-0.39, 0.29) is 5.97 Å². The largest absolute Gasteiger partial charge is 0.454 e. The number of rotatable bonds is 1. The van der Waals surface area contributed by atoms with Crippen LogP contribution in [0, 0.1) is 0 Å². The number of cyclic esters (lactones) is 1. The third kappa shape index (κ3) is 1.85. The Morgan fingerprint density at radius 3 is 2.87 bits per heavy atom. The summed E-state index contributed by atoms with van der Waals surface area (Å²) in [5.74, 6) is -0.933. The molecule has 1 aliphatic carbocycles. The number of ether oxygens (including phenoxy) is 2. The molecule has 0 saturated heterocycles. The fraction of sp³-hybridized carbons (Fsp3) is 0.700. The van der Waals surface area contributed by atoms with Gasteiger partial charge in [-0.2, -0.15) is 0 Å². The summed E-state index contributed by atoms with van der Waals surface area (Å²) in [5.41, 5.74) is 0.486. The molecule has 1 N–H and O–H groups in total. The van der Waals surface area contributed by atoms with E-state index in [0.29, 0.717) is 24.2 Å². The third-order valence-electron chi connectivity index (χ3n) is 2.55. The lowest BCUT2D eigenvalue weighted by Gasteiger charge is -2.37. The summed E-state index contributed by atoms with van der Waals surface area (Å²) in [5, 5.41) is 8.72. The first-order valence-corrected chi connectivity index (χ1v) is 4.99. The molecule has 84 valence electrons. The van der Waals surface area contributed by atoms with Crippen molar-refractivity contribution in [2.75, 3.05) is 0 Å². The van der Waals surface area contributed by atoms with E-state index in [4.69, 9.17) is 14.7 Å². The van der Waals surface area contributed by atoms with Crippen LogP contribution in [-0.2, 0) is 19.2 Å². The topological polar surface area (TPSA) is 65.0 Å². The molecule has 0 aromatic carbocycles. The number of carbonyl (C=O) groups is 1. The first-order chi connectivity index (χ1) is 7.03. The molecule has 1 unspecified atom stereocenters. The van der Waals surface area contributed by atoms with Gasteiger partial charge < -0.3 is 9.47 Å².